The molecule has 0 aromatic heterocycles. The molecule has 6 heteroatoms. The number of nitrogens with zero attached hydrogens (tertiary/aromatic N) is 1. The highest BCUT2D eigenvalue weighted by Gasteiger charge is 2.36. The van der Waals surface area contributed by atoms with E-state index in [1.807, 2.05) is 12.1 Å². The largest absolute Gasteiger partial charge is 0.289 e. The van der Waals surface area contributed by atoms with Gasteiger partial charge in [-0.1, -0.05) is 11.6 Å². The average molecular weight is 488 g/mol. The van der Waals surface area contributed by atoms with Crippen molar-refractivity contribution in [2.45, 2.75) is 0 Å². The molecule has 1 aliphatic heterocycles. The first-order valence-electron chi connectivity index (χ1n) is 8.04. The van der Waals surface area contributed by atoms with Crippen molar-refractivity contribution in [3.05, 3.63) is 97.6 Å². The van der Waals surface area contributed by atoms with Crippen LogP contribution in [0.4, 0.5) is 5.69 Å². The molecule has 0 N–H and O–H groups in total. The van der Waals surface area contributed by atoms with Crippen molar-refractivity contribution in [1.29, 1.82) is 0 Å². The lowest BCUT2D eigenvalue weighted by Crippen LogP contribution is -2.29. The number of fused-ring (bicyclic) bond motifs is 1. The molecule has 1 aliphatic rings. The average Bonchev–Trinajstić information content (AvgIpc) is 2.92. The summed E-state index contributed by atoms with van der Waals surface area (Å²) in [7, 11) is 0. The van der Waals surface area contributed by atoms with E-state index in [1.54, 1.807) is 48.5 Å². The van der Waals surface area contributed by atoms with Crippen molar-refractivity contribution in [2.24, 2.45) is 0 Å². The first kappa shape index (κ1) is 17.9. The van der Waals surface area contributed by atoms with E-state index in [9.17, 15) is 14.4 Å². The fraction of sp³-hybridized carbons (Fsp3) is 0. The third-order valence-electron chi connectivity index (χ3n) is 4.34. The molecule has 1 heterocycles. The van der Waals surface area contributed by atoms with Crippen molar-refractivity contribution in [1.82, 2.24) is 0 Å². The number of ketones is 1. The highest BCUT2D eigenvalue weighted by molar-refractivity contribution is 14.1. The molecule has 0 unspecified atom stereocenters. The Labute approximate surface area is 173 Å². The van der Waals surface area contributed by atoms with Gasteiger partial charge in [-0.3, -0.25) is 14.4 Å². The highest BCUT2D eigenvalue weighted by atomic mass is 127. The van der Waals surface area contributed by atoms with Crippen molar-refractivity contribution in [3.63, 3.8) is 0 Å². The molecular weight excluding hydrogens is 477 g/mol. The smallest absolute Gasteiger partial charge is 0.266 e. The SMILES string of the molecule is O=C(c1ccc(I)cc1)c1ccc(N2C(=O)c3ccc(Cl)cc3C2=O)cc1. The van der Waals surface area contributed by atoms with Gasteiger partial charge in [-0.05, 0) is 89.3 Å². The summed E-state index contributed by atoms with van der Waals surface area (Å²) in [4.78, 5) is 38.9. The Morgan fingerprint density at radius 1 is 0.778 bits per heavy atom. The monoisotopic (exact) mass is 487 g/mol. The summed E-state index contributed by atoms with van der Waals surface area (Å²) in [6.45, 7) is 0. The molecule has 0 bridgehead atoms. The molecule has 0 spiro atoms. The zero-order valence-electron chi connectivity index (χ0n) is 13.8. The van der Waals surface area contributed by atoms with Crippen LogP contribution >= 0.6 is 34.2 Å². The zero-order chi connectivity index (χ0) is 19.1. The van der Waals surface area contributed by atoms with E-state index in [2.05, 4.69) is 22.6 Å². The molecule has 27 heavy (non-hydrogen) atoms. The topological polar surface area (TPSA) is 54.5 Å². The molecule has 4 rings (SSSR count). The van der Waals surface area contributed by atoms with E-state index in [-0.39, 0.29) is 11.3 Å². The number of hydrogen-bond donors (Lipinski definition) is 0. The van der Waals surface area contributed by atoms with Gasteiger partial charge in [0.2, 0.25) is 0 Å². The minimum absolute atomic E-state index is 0.118. The van der Waals surface area contributed by atoms with Crippen molar-refractivity contribution in [2.75, 3.05) is 4.90 Å². The Kier molecular flexibility index (Phi) is 4.57. The predicted octanol–water partition coefficient (Wildman–Crippen LogP) is 4.98. The Bertz CT molecular complexity index is 1090. The Balaban J connectivity index is 1.63. The van der Waals surface area contributed by atoms with Gasteiger partial charge in [0.05, 0.1) is 16.8 Å². The Morgan fingerprint density at radius 3 is 1.96 bits per heavy atom. The summed E-state index contributed by atoms with van der Waals surface area (Å²) in [6.07, 6.45) is 0. The van der Waals surface area contributed by atoms with Crippen LogP contribution in [0.5, 0.6) is 0 Å². The highest BCUT2D eigenvalue weighted by Crippen LogP contribution is 2.30. The van der Waals surface area contributed by atoms with Gasteiger partial charge in [0.15, 0.2) is 5.78 Å². The van der Waals surface area contributed by atoms with Crippen LogP contribution in [0.1, 0.15) is 36.6 Å². The van der Waals surface area contributed by atoms with Gasteiger partial charge in [0.1, 0.15) is 0 Å². The van der Waals surface area contributed by atoms with Crippen LogP contribution in [-0.2, 0) is 0 Å². The minimum Gasteiger partial charge on any atom is -0.289 e. The molecule has 0 radical (unpaired) electrons. The molecule has 0 atom stereocenters. The second kappa shape index (κ2) is 6.90. The van der Waals surface area contributed by atoms with E-state index in [4.69, 9.17) is 11.6 Å². The van der Waals surface area contributed by atoms with Crippen LogP contribution in [0.25, 0.3) is 0 Å². The maximum absolute atomic E-state index is 12.6. The fourth-order valence-electron chi connectivity index (χ4n) is 2.98. The lowest BCUT2D eigenvalue weighted by atomic mass is 10.0. The summed E-state index contributed by atoms with van der Waals surface area (Å²) in [5.41, 5.74) is 2.09. The number of carbonyl (C=O) groups is 3. The van der Waals surface area contributed by atoms with Gasteiger partial charge in [0.25, 0.3) is 11.8 Å². The number of imide groups is 1. The first-order valence-corrected chi connectivity index (χ1v) is 9.50. The number of benzene rings is 3. The number of carbonyl (C=O) groups excluding carboxylic acids is 3. The molecule has 3 aromatic rings. The summed E-state index contributed by atoms with van der Waals surface area (Å²) in [5, 5.41) is 0.398. The van der Waals surface area contributed by atoms with Gasteiger partial charge in [0, 0.05) is 19.7 Å². The third kappa shape index (κ3) is 3.17. The van der Waals surface area contributed by atoms with E-state index in [0.29, 0.717) is 27.4 Å². The van der Waals surface area contributed by atoms with Crippen LogP contribution in [-0.4, -0.2) is 17.6 Å². The van der Waals surface area contributed by atoms with Crippen molar-refractivity contribution in [3.8, 4) is 0 Å². The Hall–Kier alpha value is -2.51. The summed E-state index contributed by atoms with van der Waals surface area (Å²) in [6, 6.07) is 18.3. The number of rotatable bonds is 3. The van der Waals surface area contributed by atoms with Crippen LogP contribution in [0.2, 0.25) is 5.02 Å². The molecule has 132 valence electrons. The molecule has 0 saturated carbocycles. The van der Waals surface area contributed by atoms with Gasteiger partial charge >= 0.3 is 0 Å². The number of hydrogen-bond acceptors (Lipinski definition) is 3. The van der Waals surface area contributed by atoms with Crippen LogP contribution < -0.4 is 4.90 Å². The molecule has 0 aliphatic carbocycles. The molecule has 0 fully saturated rings. The lowest BCUT2D eigenvalue weighted by Gasteiger charge is -2.14. The summed E-state index contributed by atoms with van der Waals surface area (Å²) >= 11 is 8.11. The maximum atomic E-state index is 12.6. The van der Waals surface area contributed by atoms with Crippen molar-refractivity contribution < 1.29 is 14.4 Å². The second-order valence-electron chi connectivity index (χ2n) is 6.02. The molecular formula is C21H11ClINO3. The van der Waals surface area contributed by atoms with Crippen molar-refractivity contribution >= 4 is 57.5 Å². The number of halogens is 2. The summed E-state index contributed by atoms with van der Waals surface area (Å²) in [5.74, 6) is -0.940. The van der Waals surface area contributed by atoms with E-state index in [0.717, 1.165) is 8.47 Å². The predicted molar refractivity (Wildman–Crippen MR) is 112 cm³/mol. The summed E-state index contributed by atoms with van der Waals surface area (Å²) < 4.78 is 1.05. The Morgan fingerprint density at radius 2 is 1.33 bits per heavy atom. The quantitative estimate of drug-likeness (QED) is 0.298. The molecule has 3 aromatic carbocycles. The van der Waals surface area contributed by atoms with Gasteiger partial charge in [-0.2, -0.15) is 0 Å². The van der Waals surface area contributed by atoms with Gasteiger partial charge in [-0.15, -0.1) is 0 Å². The molecule has 4 nitrogen and oxygen atoms in total. The van der Waals surface area contributed by atoms with Crippen LogP contribution in [0.3, 0.4) is 0 Å². The lowest BCUT2D eigenvalue weighted by molar-refractivity contribution is 0.0925. The van der Waals surface area contributed by atoms with E-state index in [1.165, 1.54) is 6.07 Å². The van der Waals surface area contributed by atoms with Gasteiger partial charge < -0.3 is 0 Å². The van der Waals surface area contributed by atoms with Gasteiger partial charge in [-0.25, -0.2) is 4.90 Å². The second-order valence-corrected chi connectivity index (χ2v) is 7.70. The first-order chi connectivity index (χ1) is 13.0. The van der Waals surface area contributed by atoms with E-state index >= 15 is 0 Å². The number of amides is 2. The zero-order valence-corrected chi connectivity index (χ0v) is 16.7. The normalized spacial score (nSPS) is 13.0. The third-order valence-corrected chi connectivity index (χ3v) is 5.30. The standard InChI is InChI=1S/C21H11ClINO3/c22-14-5-10-17-18(11-14)21(27)24(20(17)26)16-8-3-13(4-9-16)19(25)12-1-6-15(23)7-2-12/h1-11H. The minimum atomic E-state index is -0.422. The fourth-order valence-corrected chi connectivity index (χ4v) is 3.51. The molecule has 0 saturated heterocycles. The van der Waals surface area contributed by atoms with Crippen LogP contribution in [0.15, 0.2) is 66.7 Å². The number of anilines is 1. The van der Waals surface area contributed by atoms with Crippen LogP contribution in [0, 0.1) is 3.57 Å². The van der Waals surface area contributed by atoms with E-state index < -0.39 is 11.8 Å². The maximum Gasteiger partial charge on any atom is 0.266 e. The molecule has 2 amide bonds.